The molecule has 3 aromatic rings. The molecule has 166 valence electrons. The monoisotopic (exact) mass is 481 g/mol. The van der Waals surface area contributed by atoms with Gasteiger partial charge in [-0.1, -0.05) is 30.0 Å². The molecular formula is C22H15N3O6S2. The standard InChI is InChI=1S/C22H15N3O6S2/c1-30-18-11-14(25(28)29)7-9-16(18)17-10-8-15(31-17)12-19-21(27)24(22(32)33-19)23-20(26)13-5-3-2-4-6-13/h2-12H,1H3,(H,23,26)/b19-12+. The van der Waals surface area contributed by atoms with Crippen molar-refractivity contribution in [2.75, 3.05) is 7.11 Å². The summed E-state index contributed by atoms with van der Waals surface area (Å²) in [5, 5.41) is 12.0. The number of benzene rings is 2. The van der Waals surface area contributed by atoms with Gasteiger partial charge in [0.2, 0.25) is 0 Å². The summed E-state index contributed by atoms with van der Waals surface area (Å²) in [4.78, 5) is 35.9. The second-order valence-corrected chi connectivity index (χ2v) is 8.34. The Morgan fingerprint density at radius 3 is 2.67 bits per heavy atom. The highest BCUT2D eigenvalue weighted by Gasteiger charge is 2.34. The Labute approximate surface area is 197 Å². The molecule has 1 N–H and O–H groups in total. The Kier molecular flexibility index (Phi) is 6.24. The fraction of sp³-hybridized carbons (Fsp3) is 0.0455. The Bertz CT molecular complexity index is 1300. The predicted octanol–water partition coefficient (Wildman–Crippen LogP) is 4.41. The van der Waals surface area contributed by atoms with Crippen molar-refractivity contribution in [3.05, 3.63) is 87.0 Å². The number of hydrogen-bond acceptors (Lipinski definition) is 8. The van der Waals surface area contributed by atoms with Crippen LogP contribution in [0, 0.1) is 10.1 Å². The van der Waals surface area contributed by atoms with E-state index in [1.807, 2.05) is 0 Å². The van der Waals surface area contributed by atoms with Crippen molar-refractivity contribution in [1.29, 1.82) is 0 Å². The summed E-state index contributed by atoms with van der Waals surface area (Å²) in [6.07, 6.45) is 1.51. The highest BCUT2D eigenvalue weighted by atomic mass is 32.2. The van der Waals surface area contributed by atoms with E-state index in [1.54, 1.807) is 42.5 Å². The molecule has 0 spiro atoms. The van der Waals surface area contributed by atoms with Gasteiger partial charge in [0.1, 0.15) is 17.3 Å². The van der Waals surface area contributed by atoms with Crippen LogP contribution in [-0.4, -0.2) is 33.2 Å². The van der Waals surface area contributed by atoms with Crippen LogP contribution < -0.4 is 10.2 Å². The molecule has 2 aromatic carbocycles. The van der Waals surface area contributed by atoms with Gasteiger partial charge >= 0.3 is 0 Å². The lowest BCUT2D eigenvalue weighted by atomic mass is 10.1. The smallest absolute Gasteiger partial charge is 0.285 e. The minimum atomic E-state index is -0.515. The quantitative estimate of drug-likeness (QED) is 0.238. The highest BCUT2D eigenvalue weighted by Crippen LogP contribution is 2.36. The van der Waals surface area contributed by atoms with Crippen molar-refractivity contribution in [2.45, 2.75) is 0 Å². The van der Waals surface area contributed by atoms with Crippen LogP contribution in [0.5, 0.6) is 5.75 Å². The van der Waals surface area contributed by atoms with Gasteiger partial charge in [-0.2, -0.15) is 5.01 Å². The third-order valence-corrected chi connectivity index (χ3v) is 5.91. The molecule has 1 aromatic heterocycles. The third-order valence-electron chi connectivity index (χ3n) is 4.60. The zero-order chi connectivity index (χ0) is 23.5. The van der Waals surface area contributed by atoms with Gasteiger partial charge in [-0.3, -0.25) is 25.1 Å². The van der Waals surface area contributed by atoms with Crippen LogP contribution in [0.3, 0.4) is 0 Å². The average molecular weight is 482 g/mol. The average Bonchev–Trinajstić information content (AvgIpc) is 3.39. The lowest BCUT2D eigenvalue weighted by molar-refractivity contribution is -0.384. The number of carbonyl (C=O) groups excluding carboxylic acids is 2. The predicted molar refractivity (Wildman–Crippen MR) is 126 cm³/mol. The number of hydrazine groups is 1. The summed E-state index contributed by atoms with van der Waals surface area (Å²) in [5.74, 6) is 0.0973. The molecule has 0 saturated carbocycles. The Balaban J connectivity index is 1.54. The minimum Gasteiger partial charge on any atom is -0.496 e. The largest absolute Gasteiger partial charge is 0.496 e. The van der Waals surface area contributed by atoms with Crippen LogP contribution in [0.2, 0.25) is 0 Å². The number of thioether (sulfide) groups is 1. The van der Waals surface area contributed by atoms with Crippen molar-refractivity contribution in [3.63, 3.8) is 0 Å². The zero-order valence-corrected chi connectivity index (χ0v) is 18.6. The maximum absolute atomic E-state index is 12.8. The first-order chi connectivity index (χ1) is 15.9. The van der Waals surface area contributed by atoms with E-state index < -0.39 is 16.7 Å². The van der Waals surface area contributed by atoms with Gasteiger partial charge in [-0.15, -0.1) is 0 Å². The summed E-state index contributed by atoms with van der Waals surface area (Å²) in [6.45, 7) is 0. The van der Waals surface area contributed by atoms with Crippen molar-refractivity contribution < 1.29 is 23.7 Å². The molecule has 0 atom stereocenters. The number of carbonyl (C=O) groups is 2. The van der Waals surface area contributed by atoms with Gasteiger partial charge in [0.05, 0.1) is 28.6 Å². The van der Waals surface area contributed by atoms with E-state index >= 15 is 0 Å². The number of non-ortho nitro benzene ring substituents is 1. The highest BCUT2D eigenvalue weighted by molar-refractivity contribution is 8.26. The van der Waals surface area contributed by atoms with Gasteiger partial charge in [-0.05, 0) is 42.5 Å². The number of nitro groups is 1. The minimum absolute atomic E-state index is 0.108. The molecular weight excluding hydrogens is 466 g/mol. The number of nitrogens with one attached hydrogen (secondary N) is 1. The fourth-order valence-electron chi connectivity index (χ4n) is 3.02. The van der Waals surface area contributed by atoms with Gasteiger partial charge < -0.3 is 9.15 Å². The molecule has 0 unspecified atom stereocenters. The van der Waals surface area contributed by atoms with Crippen molar-refractivity contribution in [3.8, 4) is 17.1 Å². The number of methoxy groups -OCH3 is 1. The number of rotatable bonds is 6. The molecule has 1 saturated heterocycles. The molecule has 0 aliphatic carbocycles. The first kappa shape index (κ1) is 22.2. The summed E-state index contributed by atoms with van der Waals surface area (Å²) < 4.78 is 11.2. The third kappa shape index (κ3) is 4.64. The SMILES string of the molecule is COc1cc([N+](=O)[O-])ccc1-c1ccc(/C=C2/SC(=S)N(NC(=O)c3ccccc3)C2=O)o1. The second-order valence-electron chi connectivity index (χ2n) is 6.67. The van der Waals surface area contributed by atoms with Crippen molar-refractivity contribution in [1.82, 2.24) is 10.4 Å². The lowest BCUT2D eigenvalue weighted by Gasteiger charge is -2.15. The molecule has 1 aliphatic heterocycles. The van der Waals surface area contributed by atoms with Crippen LogP contribution in [0.15, 0.2) is 70.0 Å². The molecule has 4 rings (SSSR count). The molecule has 2 amide bonds. The molecule has 11 heteroatoms. The zero-order valence-electron chi connectivity index (χ0n) is 17.0. The van der Waals surface area contributed by atoms with E-state index in [0.717, 1.165) is 16.8 Å². The fourth-order valence-corrected chi connectivity index (χ4v) is 4.18. The van der Waals surface area contributed by atoms with E-state index in [4.69, 9.17) is 21.4 Å². The lowest BCUT2D eigenvalue weighted by Crippen LogP contribution is -2.44. The number of thiocarbonyl (C=S) groups is 1. The van der Waals surface area contributed by atoms with E-state index in [0.29, 0.717) is 22.6 Å². The number of furan rings is 1. The van der Waals surface area contributed by atoms with Crippen molar-refractivity contribution >= 4 is 51.9 Å². The molecule has 2 heterocycles. The number of amides is 2. The second kappa shape index (κ2) is 9.27. The van der Waals surface area contributed by atoms with E-state index in [-0.39, 0.29) is 20.7 Å². The molecule has 0 bridgehead atoms. The number of nitrogens with zero attached hydrogens (tertiary/aromatic N) is 2. The van der Waals surface area contributed by atoms with Gasteiger partial charge in [0.25, 0.3) is 17.5 Å². The van der Waals surface area contributed by atoms with Crippen molar-refractivity contribution in [2.24, 2.45) is 0 Å². The van der Waals surface area contributed by atoms with Gasteiger partial charge in [-0.25, -0.2) is 0 Å². The van der Waals surface area contributed by atoms with Crippen LogP contribution >= 0.6 is 24.0 Å². The molecule has 33 heavy (non-hydrogen) atoms. The maximum Gasteiger partial charge on any atom is 0.285 e. The Morgan fingerprint density at radius 2 is 1.97 bits per heavy atom. The maximum atomic E-state index is 12.8. The molecule has 9 nitrogen and oxygen atoms in total. The van der Waals surface area contributed by atoms with Crippen LogP contribution in [0.4, 0.5) is 5.69 Å². The van der Waals surface area contributed by atoms with E-state index in [1.165, 1.54) is 31.4 Å². The van der Waals surface area contributed by atoms with E-state index in [9.17, 15) is 19.7 Å². The summed E-state index contributed by atoms with van der Waals surface area (Å²) in [7, 11) is 1.40. The number of hydrogen-bond donors (Lipinski definition) is 1. The van der Waals surface area contributed by atoms with Crippen LogP contribution in [-0.2, 0) is 4.79 Å². The Hall–Kier alpha value is -3.96. The number of nitro benzene ring substituents is 1. The summed E-state index contributed by atoms with van der Waals surface area (Å²) in [5.41, 5.74) is 3.31. The topological polar surface area (TPSA) is 115 Å². The summed E-state index contributed by atoms with van der Waals surface area (Å²) in [6, 6.07) is 15.9. The van der Waals surface area contributed by atoms with Gasteiger partial charge in [0.15, 0.2) is 4.32 Å². The first-order valence-electron chi connectivity index (χ1n) is 9.44. The molecule has 1 fully saturated rings. The van der Waals surface area contributed by atoms with Crippen LogP contribution in [0.25, 0.3) is 17.4 Å². The van der Waals surface area contributed by atoms with Crippen LogP contribution in [0.1, 0.15) is 16.1 Å². The summed E-state index contributed by atoms with van der Waals surface area (Å²) >= 11 is 6.26. The normalized spacial score (nSPS) is 14.6. The van der Waals surface area contributed by atoms with Gasteiger partial charge in [0, 0.05) is 17.7 Å². The molecule has 0 radical (unpaired) electrons. The first-order valence-corrected chi connectivity index (χ1v) is 10.7. The number of ether oxygens (including phenoxy) is 1. The molecule has 1 aliphatic rings. The Morgan fingerprint density at radius 1 is 1.21 bits per heavy atom. The van der Waals surface area contributed by atoms with E-state index in [2.05, 4.69) is 5.43 Å².